The zero-order chi connectivity index (χ0) is 12.1. The molecular formula is C13H27N3O. The molecule has 0 aromatic heterocycles. The van der Waals surface area contributed by atoms with Crippen LogP contribution in [0, 0.1) is 0 Å². The van der Waals surface area contributed by atoms with Gasteiger partial charge in [-0.15, -0.1) is 0 Å². The Morgan fingerprint density at radius 1 is 1.06 bits per heavy atom. The Morgan fingerprint density at radius 3 is 2.53 bits per heavy atom. The van der Waals surface area contributed by atoms with E-state index >= 15 is 0 Å². The van der Waals surface area contributed by atoms with Gasteiger partial charge in [0.25, 0.3) is 0 Å². The van der Waals surface area contributed by atoms with Gasteiger partial charge in [0.05, 0.1) is 0 Å². The first kappa shape index (κ1) is 13.3. The lowest BCUT2D eigenvalue weighted by Crippen LogP contribution is -2.46. The number of piperidine rings is 1. The predicted molar refractivity (Wildman–Crippen MR) is 69.9 cm³/mol. The molecule has 0 bridgehead atoms. The summed E-state index contributed by atoms with van der Waals surface area (Å²) in [7, 11) is 0. The molecule has 100 valence electrons. The van der Waals surface area contributed by atoms with Crippen molar-refractivity contribution in [2.45, 2.75) is 44.2 Å². The highest BCUT2D eigenvalue weighted by molar-refractivity contribution is 4.86. The number of nitrogens with two attached hydrogens (primary N) is 1. The molecule has 2 fully saturated rings. The molecule has 0 spiro atoms. The van der Waals surface area contributed by atoms with Gasteiger partial charge in [-0.2, -0.15) is 0 Å². The Kier molecular flexibility index (Phi) is 5.22. The molecule has 2 heterocycles. The highest BCUT2D eigenvalue weighted by Crippen LogP contribution is 2.20. The van der Waals surface area contributed by atoms with E-state index in [1.807, 2.05) is 0 Å². The van der Waals surface area contributed by atoms with Gasteiger partial charge >= 0.3 is 0 Å². The smallest absolute Gasteiger partial charge is 0.0431 e. The van der Waals surface area contributed by atoms with E-state index in [-0.39, 0.29) is 0 Å². The summed E-state index contributed by atoms with van der Waals surface area (Å²) in [5.74, 6) is 0. The SMILES string of the molecule is NC1CCN(C2CCN(CCCCO)C2)CC1. The van der Waals surface area contributed by atoms with Gasteiger partial charge in [-0.05, 0) is 58.3 Å². The summed E-state index contributed by atoms with van der Waals surface area (Å²) >= 11 is 0. The zero-order valence-corrected chi connectivity index (χ0v) is 10.9. The monoisotopic (exact) mass is 241 g/mol. The quantitative estimate of drug-likeness (QED) is 0.678. The highest BCUT2D eigenvalue weighted by Gasteiger charge is 2.29. The van der Waals surface area contributed by atoms with Crippen LogP contribution in [-0.2, 0) is 0 Å². The van der Waals surface area contributed by atoms with Crippen LogP contribution in [-0.4, -0.2) is 66.3 Å². The minimum Gasteiger partial charge on any atom is -0.396 e. The average molecular weight is 241 g/mol. The fourth-order valence-electron chi connectivity index (χ4n) is 3.05. The van der Waals surface area contributed by atoms with Crippen molar-refractivity contribution in [1.82, 2.24) is 9.80 Å². The average Bonchev–Trinajstić information content (AvgIpc) is 2.79. The maximum Gasteiger partial charge on any atom is 0.0431 e. The third-order valence-corrected chi connectivity index (χ3v) is 4.22. The van der Waals surface area contributed by atoms with Crippen LogP contribution in [0.3, 0.4) is 0 Å². The number of likely N-dealkylation sites (tertiary alicyclic amines) is 2. The van der Waals surface area contributed by atoms with Gasteiger partial charge in [0.15, 0.2) is 0 Å². The fraction of sp³-hybridized carbons (Fsp3) is 1.00. The van der Waals surface area contributed by atoms with Crippen molar-refractivity contribution in [3.05, 3.63) is 0 Å². The third-order valence-electron chi connectivity index (χ3n) is 4.22. The van der Waals surface area contributed by atoms with E-state index in [0.717, 1.165) is 25.4 Å². The molecule has 2 rings (SSSR count). The lowest BCUT2D eigenvalue weighted by molar-refractivity contribution is 0.151. The van der Waals surface area contributed by atoms with Crippen LogP contribution in [0.1, 0.15) is 32.1 Å². The molecule has 0 amide bonds. The summed E-state index contributed by atoms with van der Waals surface area (Å²) in [5.41, 5.74) is 5.94. The number of aliphatic hydroxyl groups excluding tert-OH is 1. The van der Waals surface area contributed by atoms with Crippen LogP contribution in [0.5, 0.6) is 0 Å². The van der Waals surface area contributed by atoms with Gasteiger partial charge in [0, 0.05) is 25.2 Å². The van der Waals surface area contributed by atoms with Gasteiger partial charge in [0.1, 0.15) is 0 Å². The second-order valence-corrected chi connectivity index (χ2v) is 5.55. The van der Waals surface area contributed by atoms with Crippen molar-refractivity contribution < 1.29 is 5.11 Å². The van der Waals surface area contributed by atoms with Crippen LogP contribution < -0.4 is 5.73 Å². The van der Waals surface area contributed by atoms with Crippen molar-refractivity contribution >= 4 is 0 Å². The standard InChI is InChI=1S/C13H27N3O/c14-12-3-8-16(9-4-12)13-5-7-15(11-13)6-1-2-10-17/h12-13,17H,1-11,14H2. The van der Waals surface area contributed by atoms with E-state index in [0.29, 0.717) is 12.6 Å². The molecule has 0 saturated carbocycles. The number of rotatable bonds is 5. The summed E-state index contributed by atoms with van der Waals surface area (Å²) in [6.45, 7) is 6.33. The molecule has 1 unspecified atom stereocenters. The van der Waals surface area contributed by atoms with Crippen LogP contribution in [0.15, 0.2) is 0 Å². The van der Waals surface area contributed by atoms with E-state index in [4.69, 9.17) is 10.8 Å². The first-order valence-corrected chi connectivity index (χ1v) is 7.12. The summed E-state index contributed by atoms with van der Waals surface area (Å²) in [5, 5.41) is 8.78. The molecular weight excluding hydrogens is 214 g/mol. The lowest BCUT2D eigenvalue weighted by Gasteiger charge is -2.34. The fourth-order valence-corrected chi connectivity index (χ4v) is 3.05. The maximum atomic E-state index is 8.78. The third kappa shape index (κ3) is 3.91. The lowest BCUT2D eigenvalue weighted by atomic mass is 10.0. The number of hydrogen-bond acceptors (Lipinski definition) is 4. The Balaban J connectivity index is 1.66. The number of aliphatic hydroxyl groups is 1. The van der Waals surface area contributed by atoms with Crippen molar-refractivity contribution in [3.8, 4) is 0 Å². The van der Waals surface area contributed by atoms with E-state index in [1.54, 1.807) is 0 Å². The summed E-state index contributed by atoms with van der Waals surface area (Å²) < 4.78 is 0. The van der Waals surface area contributed by atoms with E-state index < -0.39 is 0 Å². The molecule has 4 nitrogen and oxygen atoms in total. The predicted octanol–water partition coefficient (Wildman–Crippen LogP) is 0.256. The molecule has 1 atom stereocenters. The molecule has 3 N–H and O–H groups in total. The topological polar surface area (TPSA) is 52.7 Å². The number of unbranched alkanes of at least 4 members (excludes halogenated alkanes) is 1. The zero-order valence-electron chi connectivity index (χ0n) is 10.9. The summed E-state index contributed by atoms with van der Waals surface area (Å²) in [6.07, 6.45) is 5.73. The molecule has 17 heavy (non-hydrogen) atoms. The van der Waals surface area contributed by atoms with Crippen LogP contribution in [0.25, 0.3) is 0 Å². The van der Waals surface area contributed by atoms with Crippen molar-refractivity contribution in [2.24, 2.45) is 5.73 Å². The molecule has 0 radical (unpaired) electrons. The summed E-state index contributed by atoms with van der Waals surface area (Å²) in [6, 6.07) is 1.20. The first-order valence-electron chi connectivity index (χ1n) is 7.12. The van der Waals surface area contributed by atoms with Crippen LogP contribution in [0.4, 0.5) is 0 Å². The van der Waals surface area contributed by atoms with Crippen molar-refractivity contribution in [2.75, 3.05) is 39.3 Å². The van der Waals surface area contributed by atoms with Crippen molar-refractivity contribution in [3.63, 3.8) is 0 Å². The molecule has 0 aliphatic carbocycles. The van der Waals surface area contributed by atoms with Gasteiger partial charge < -0.3 is 15.7 Å². The second-order valence-electron chi connectivity index (χ2n) is 5.55. The Labute approximate surface area is 105 Å². The van der Waals surface area contributed by atoms with E-state index in [1.165, 1.54) is 45.4 Å². The van der Waals surface area contributed by atoms with E-state index in [2.05, 4.69) is 9.80 Å². The maximum absolute atomic E-state index is 8.78. The summed E-state index contributed by atoms with van der Waals surface area (Å²) in [4.78, 5) is 5.18. The second kappa shape index (κ2) is 6.69. The van der Waals surface area contributed by atoms with Gasteiger partial charge in [-0.3, -0.25) is 4.90 Å². The number of hydrogen-bond donors (Lipinski definition) is 2. The van der Waals surface area contributed by atoms with Gasteiger partial charge in [-0.1, -0.05) is 0 Å². The molecule has 2 aliphatic heterocycles. The van der Waals surface area contributed by atoms with Crippen LogP contribution in [0.2, 0.25) is 0 Å². The Hall–Kier alpha value is -0.160. The van der Waals surface area contributed by atoms with E-state index in [9.17, 15) is 0 Å². The minimum absolute atomic E-state index is 0.335. The molecule has 2 saturated heterocycles. The van der Waals surface area contributed by atoms with Gasteiger partial charge in [0.2, 0.25) is 0 Å². The minimum atomic E-state index is 0.335. The normalized spacial score (nSPS) is 28.9. The highest BCUT2D eigenvalue weighted by atomic mass is 16.2. The van der Waals surface area contributed by atoms with Crippen LogP contribution >= 0.6 is 0 Å². The molecule has 0 aromatic carbocycles. The van der Waals surface area contributed by atoms with Gasteiger partial charge in [-0.25, -0.2) is 0 Å². The number of nitrogens with zero attached hydrogens (tertiary/aromatic N) is 2. The van der Waals surface area contributed by atoms with Crippen molar-refractivity contribution in [1.29, 1.82) is 0 Å². The molecule has 2 aliphatic rings. The molecule has 0 aromatic rings. The largest absolute Gasteiger partial charge is 0.396 e. The first-order chi connectivity index (χ1) is 8.29. The molecule has 4 heteroatoms. The Morgan fingerprint density at radius 2 is 1.82 bits per heavy atom. The Bertz CT molecular complexity index is 217.